The molecule has 1 aliphatic heterocycles. The summed E-state index contributed by atoms with van der Waals surface area (Å²) in [6.45, 7) is 7.99. The fraction of sp³-hybridized carbons (Fsp3) is 1.00. The zero-order valence-corrected chi connectivity index (χ0v) is 9.82. The number of methoxy groups -OCH3 is 1. The van der Waals surface area contributed by atoms with Crippen molar-refractivity contribution in [3.63, 3.8) is 0 Å². The molecular formula is C11H24N2O2. The highest BCUT2D eigenvalue weighted by molar-refractivity contribution is 4.71. The number of nitrogens with zero attached hydrogens (tertiary/aromatic N) is 2. The fourth-order valence-electron chi connectivity index (χ4n) is 1.90. The average Bonchev–Trinajstić information content (AvgIpc) is 2.28. The van der Waals surface area contributed by atoms with Gasteiger partial charge in [-0.2, -0.15) is 0 Å². The maximum absolute atomic E-state index is 8.69. The van der Waals surface area contributed by atoms with E-state index in [4.69, 9.17) is 9.84 Å². The third-order valence-electron chi connectivity index (χ3n) is 2.96. The van der Waals surface area contributed by atoms with E-state index in [0.717, 1.165) is 58.7 Å². The normalized spacial score (nSPS) is 19.6. The van der Waals surface area contributed by atoms with Crippen LogP contribution in [0.2, 0.25) is 0 Å². The van der Waals surface area contributed by atoms with E-state index in [1.165, 1.54) is 0 Å². The summed E-state index contributed by atoms with van der Waals surface area (Å²) < 4.78 is 5.07. The number of hydrogen-bond acceptors (Lipinski definition) is 4. The number of hydrogen-bond donors (Lipinski definition) is 1. The molecule has 0 bridgehead atoms. The van der Waals surface area contributed by atoms with Crippen molar-refractivity contribution < 1.29 is 9.84 Å². The zero-order chi connectivity index (χ0) is 10.9. The van der Waals surface area contributed by atoms with Gasteiger partial charge in [0.15, 0.2) is 0 Å². The molecule has 0 aromatic carbocycles. The molecule has 0 aromatic heterocycles. The SMILES string of the molecule is COCCN1CCN(CCCCO)CC1. The second-order valence-electron chi connectivity index (χ2n) is 4.11. The van der Waals surface area contributed by atoms with Gasteiger partial charge in [0.25, 0.3) is 0 Å². The quantitative estimate of drug-likeness (QED) is 0.609. The van der Waals surface area contributed by atoms with Crippen molar-refractivity contribution in [1.82, 2.24) is 9.80 Å². The lowest BCUT2D eigenvalue weighted by Gasteiger charge is -2.34. The molecule has 4 nitrogen and oxygen atoms in total. The minimum Gasteiger partial charge on any atom is -0.396 e. The van der Waals surface area contributed by atoms with Gasteiger partial charge in [-0.1, -0.05) is 0 Å². The summed E-state index contributed by atoms with van der Waals surface area (Å²) in [5.74, 6) is 0. The Bertz CT molecular complexity index is 148. The van der Waals surface area contributed by atoms with Gasteiger partial charge >= 0.3 is 0 Å². The van der Waals surface area contributed by atoms with E-state index >= 15 is 0 Å². The van der Waals surface area contributed by atoms with Crippen molar-refractivity contribution in [2.75, 3.05) is 59.6 Å². The molecule has 90 valence electrons. The number of aliphatic hydroxyl groups excluding tert-OH is 1. The molecule has 1 N–H and O–H groups in total. The topological polar surface area (TPSA) is 35.9 Å². The lowest BCUT2D eigenvalue weighted by molar-refractivity contribution is 0.0953. The molecule has 1 heterocycles. The first-order valence-corrected chi connectivity index (χ1v) is 5.91. The smallest absolute Gasteiger partial charge is 0.0589 e. The molecule has 1 aliphatic rings. The van der Waals surface area contributed by atoms with E-state index in [0.29, 0.717) is 6.61 Å². The Kier molecular flexibility index (Phi) is 6.92. The van der Waals surface area contributed by atoms with Crippen LogP contribution in [0, 0.1) is 0 Å². The minimum atomic E-state index is 0.327. The van der Waals surface area contributed by atoms with Gasteiger partial charge in [0.05, 0.1) is 6.61 Å². The number of unbranched alkanes of at least 4 members (excludes halogenated alkanes) is 1. The second-order valence-corrected chi connectivity index (χ2v) is 4.11. The van der Waals surface area contributed by atoms with Gasteiger partial charge in [-0.15, -0.1) is 0 Å². The molecule has 0 aromatic rings. The van der Waals surface area contributed by atoms with Gasteiger partial charge in [0.2, 0.25) is 0 Å². The predicted octanol–water partition coefficient (Wildman–Crippen LogP) is 0.0229. The van der Waals surface area contributed by atoms with Crippen LogP contribution in [0.3, 0.4) is 0 Å². The summed E-state index contributed by atoms with van der Waals surface area (Å²) in [6, 6.07) is 0. The molecule has 0 atom stereocenters. The van der Waals surface area contributed by atoms with Crippen LogP contribution in [0.15, 0.2) is 0 Å². The van der Waals surface area contributed by atoms with Gasteiger partial charge in [0, 0.05) is 46.4 Å². The monoisotopic (exact) mass is 216 g/mol. The molecule has 0 aliphatic carbocycles. The maximum Gasteiger partial charge on any atom is 0.0589 e. The van der Waals surface area contributed by atoms with Gasteiger partial charge in [-0.05, 0) is 19.4 Å². The molecule has 15 heavy (non-hydrogen) atoms. The van der Waals surface area contributed by atoms with Gasteiger partial charge in [-0.25, -0.2) is 0 Å². The molecule has 1 saturated heterocycles. The van der Waals surface area contributed by atoms with E-state index in [1.807, 2.05) is 0 Å². The first kappa shape index (κ1) is 12.9. The van der Waals surface area contributed by atoms with Crippen molar-refractivity contribution in [3.05, 3.63) is 0 Å². The largest absolute Gasteiger partial charge is 0.396 e. The van der Waals surface area contributed by atoms with Gasteiger partial charge < -0.3 is 14.7 Å². The van der Waals surface area contributed by atoms with E-state index in [-0.39, 0.29) is 0 Å². The number of ether oxygens (including phenoxy) is 1. The van der Waals surface area contributed by atoms with E-state index in [2.05, 4.69) is 9.80 Å². The van der Waals surface area contributed by atoms with E-state index in [1.54, 1.807) is 7.11 Å². The maximum atomic E-state index is 8.69. The lowest BCUT2D eigenvalue weighted by atomic mass is 10.2. The van der Waals surface area contributed by atoms with Crippen LogP contribution in [0.25, 0.3) is 0 Å². The fourth-order valence-corrected chi connectivity index (χ4v) is 1.90. The van der Waals surface area contributed by atoms with Crippen LogP contribution in [0.5, 0.6) is 0 Å². The highest BCUT2D eigenvalue weighted by Crippen LogP contribution is 2.03. The molecule has 0 unspecified atom stereocenters. The minimum absolute atomic E-state index is 0.327. The molecular weight excluding hydrogens is 192 g/mol. The van der Waals surface area contributed by atoms with E-state index in [9.17, 15) is 0 Å². The van der Waals surface area contributed by atoms with Crippen LogP contribution in [-0.2, 0) is 4.74 Å². The Morgan fingerprint density at radius 2 is 1.60 bits per heavy atom. The molecule has 0 spiro atoms. The van der Waals surface area contributed by atoms with Crippen LogP contribution < -0.4 is 0 Å². The van der Waals surface area contributed by atoms with E-state index < -0.39 is 0 Å². The highest BCUT2D eigenvalue weighted by atomic mass is 16.5. The number of piperazine rings is 1. The summed E-state index contributed by atoms with van der Waals surface area (Å²) in [5, 5.41) is 8.69. The van der Waals surface area contributed by atoms with Crippen molar-refractivity contribution in [2.45, 2.75) is 12.8 Å². The predicted molar refractivity (Wildman–Crippen MR) is 61.1 cm³/mol. The standard InChI is InChI=1S/C11H24N2O2/c1-15-11-9-13-7-5-12(6-8-13)4-2-3-10-14/h14H,2-11H2,1H3. The Balaban J connectivity index is 2.02. The first-order chi connectivity index (χ1) is 7.36. The highest BCUT2D eigenvalue weighted by Gasteiger charge is 2.15. The van der Waals surface area contributed by atoms with Crippen molar-refractivity contribution in [3.8, 4) is 0 Å². The Morgan fingerprint density at radius 1 is 1.00 bits per heavy atom. The van der Waals surface area contributed by atoms with Gasteiger partial charge in [-0.3, -0.25) is 4.90 Å². The van der Waals surface area contributed by atoms with Gasteiger partial charge in [0.1, 0.15) is 0 Å². The van der Waals surface area contributed by atoms with Crippen molar-refractivity contribution in [1.29, 1.82) is 0 Å². The molecule has 0 saturated carbocycles. The lowest BCUT2D eigenvalue weighted by Crippen LogP contribution is -2.47. The number of rotatable bonds is 7. The summed E-state index contributed by atoms with van der Waals surface area (Å²) >= 11 is 0. The first-order valence-electron chi connectivity index (χ1n) is 5.91. The summed E-state index contributed by atoms with van der Waals surface area (Å²) in [4.78, 5) is 4.94. The molecule has 0 radical (unpaired) electrons. The second kappa shape index (κ2) is 8.05. The Hall–Kier alpha value is -0.160. The van der Waals surface area contributed by atoms with Crippen LogP contribution in [0.4, 0.5) is 0 Å². The third kappa shape index (κ3) is 5.47. The van der Waals surface area contributed by atoms with Crippen molar-refractivity contribution in [2.24, 2.45) is 0 Å². The Morgan fingerprint density at radius 3 is 2.13 bits per heavy atom. The van der Waals surface area contributed by atoms with Crippen molar-refractivity contribution >= 4 is 0 Å². The molecule has 4 heteroatoms. The zero-order valence-electron chi connectivity index (χ0n) is 9.82. The summed E-state index contributed by atoms with van der Waals surface area (Å²) in [5.41, 5.74) is 0. The summed E-state index contributed by atoms with van der Waals surface area (Å²) in [7, 11) is 1.76. The summed E-state index contributed by atoms with van der Waals surface area (Å²) in [6.07, 6.45) is 2.05. The average molecular weight is 216 g/mol. The van der Waals surface area contributed by atoms with Crippen LogP contribution in [-0.4, -0.2) is 74.5 Å². The molecule has 0 amide bonds. The third-order valence-corrected chi connectivity index (χ3v) is 2.96. The number of aliphatic hydroxyl groups is 1. The molecule has 1 fully saturated rings. The van der Waals surface area contributed by atoms with Crippen LogP contribution >= 0.6 is 0 Å². The Labute approximate surface area is 92.8 Å². The molecule has 1 rings (SSSR count). The van der Waals surface area contributed by atoms with Crippen LogP contribution in [0.1, 0.15) is 12.8 Å².